The van der Waals surface area contributed by atoms with E-state index in [1.165, 1.54) is 5.56 Å². The second-order valence-electron chi connectivity index (χ2n) is 8.34. The zero-order chi connectivity index (χ0) is 20.6. The van der Waals surface area contributed by atoms with Crippen molar-refractivity contribution in [2.75, 3.05) is 5.75 Å². The molecule has 0 N–H and O–H groups in total. The number of hydrogen-bond acceptors (Lipinski definition) is 3. The van der Waals surface area contributed by atoms with E-state index in [1.54, 1.807) is 20.8 Å². The molecule has 0 fully saturated rings. The molecule has 0 saturated carbocycles. The van der Waals surface area contributed by atoms with Gasteiger partial charge in [-0.05, 0) is 68.9 Å². The Balaban J connectivity index is 1.69. The molecular formula is C24H31NO2S. The molecule has 0 aromatic heterocycles. The maximum absolute atomic E-state index is 12.1. The third-order valence-corrected chi connectivity index (χ3v) is 7.80. The van der Waals surface area contributed by atoms with Gasteiger partial charge >= 0.3 is 0 Å². The van der Waals surface area contributed by atoms with Crippen LogP contribution in [0, 0.1) is 11.3 Å². The summed E-state index contributed by atoms with van der Waals surface area (Å²) < 4.78 is 23.5. The Kier molecular flexibility index (Phi) is 7.83. The minimum atomic E-state index is -2.98. The molecule has 3 nitrogen and oxygen atoms in total. The summed E-state index contributed by atoms with van der Waals surface area (Å²) in [6.07, 6.45) is 6.14. The number of nitriles is 1. The van der Waals surface area contributed by atoms with Gasteiger partial charge in [-0.3, -0.25) is 0 Å². The smallest absolute Gasteiger partial charge is 0.155 e. The van der Waals surface area contributed by atoms with Gasteiger partial charge in [0.2, 0.25) is 0 Å². The summed E-state index contributed by atoms with van der Waals surface area (Å²) in [5, 5.41) is 8.88. The van der Waals surface area contributed by atoms with Crippen LogP contribution >= 0.6 is 0 Å². The molecule has 0 amide bonds. The topological polar surface area (TPSA) is 57.9 Å². The maximum atomic E-state index is 12.1. The highest BCUT2D eigenvalue weighted by Gasteiger charge is 2.27. The number of hydrogen-bond donors (Lipinski definition) is 0. The molecule has 150 valence electrons. The fourth-order valence-electron chi connectivity index (χ4n) is 3.06. The van der Waals surface area contributed by atoms with Gasteiger partial charge in [0.05, 0.1) is 22.1 Å². The summed E-state index contributed by atoms with van der Waals surface area (Å²) in [7, 11) is -2.98. The first-order valence-corrected chi connectivity index (χ1v) is 11.7. The number of sulfone groups is 1. The largest absolute Gasteiger partial charge is 0.228 e. The van der Waals surface area contributed by atoms with Crippen LogP contribution in [0.25, 0.3) is 11.1 Å². The number of aryl methyl sites for hydroxylation is 1. The predicted molar refractivity (Wildman–Crippen MR) is 117 cm³/mol. The molecule has 2 rings (SSSR count). The Bertz CT molecular complexity index is 884. The van der Waals surface area contributed by atoms with E-state index in [9.17, 15) is 8.42 Å². The van der Waals surface area contributed by atoms with Gasteiger partial charge in [0, 0.05) is 0 Å². The summed E-state index contributed by atoms with van der Waals surface area (Å²) in [5.74, 6) is 0.299. The summed E-state index contributed by atoms with van der Waals surface area (Å²) in [4.78, 5) is 0. The molecule has 4 heteroatoms. The van der Waals surface area contributed by atoms with Crippen LogP contribution in [0.2, 0.25) is 0 Å². The Morgan fingerprint density at radius 3 is 1.82 bits per heavy atom. The number of benzene rings is 2. The Labute approximate surface area is 170 Å². The van der Waals surface area contributed by atoms with Crippen LogP contribution in [0.15, 0.2) is 48.5 Å². The van der Waals surface area contributed by atoms with E-state index in [2.05, 4.69) is 30.3 Å². The maximum Gasteiger partial charge on any atom is 0.155 e. The highest BCUT2D eigenvalue weighted by molar-refractivity contribution is 7.92. The van der Waals surface area contributed by atoms with Crippen molar-refractivity contribution in [1.82, 2.24) is 0 Å². The molecule has 0 spiro atoms. The molecule has 0 atom stereocenters. The number of rotatable bonds is 9. The summed E-state index contributed by atoms with van der Waals surface area (Å²) in [5.41, 5.74) is 4.29. The zero-order valence-electron chi connectivity index (χ0n) is 17.2. The average Bonchev–Trinajstić information content (AvgIpc) is 2.67. The first-order valence-electron chi connectivity index (χ1n) is 10.0. The van der Waals surface area contributed by atoms with Gasteiger partial charge in [-0.2, -0.15) is 5.26 Å². The molecule has 0 bridgehead atoms. The summed E-state index contributed by atoms with van der Waals surface area (Å²) in [6.45, 7) is 5.32. The van der Waals surface area contributed by atoms with Gasteiger partial charge in [0.15, 0.2) is 9.84 Å². The van der Waals surface area contributed by atoms with Crippen molar-refractivity contribution in [2.24, 2.45) is 0 Å². The lowest BCUT2D eigenvalue weighted by atomic mass is 10.0. The standard InChI is InChI=1S/C24H31NO2S/c1-24(2,3)28(26,27)18-8-6-4-5-7-9-20-10-14-22(15-11-20)23-16-12-21(19-25)13-17-23/h10-17H,4-9,18H2,1-3H3. The van der Waals surface area contributed by atoms with Crippen molar-refractivity contribution in [3.63, 3.8) is 0 Å². The molecular weight excluding hydrogens is 366 g/mol. The predicted octanol–water partition coefficient (Wildman–Crippen LogP) is 5.93. The second kappa shape index (κ2) is 9.89. The van der Waals surface area contributed by atoms with Crippen LogP contribution in [0.1, 0.15) is 64.0 Å². The van der Waals surface area contributed by atoms with Crippen LogP contribution in [0.5, 0.6) is 0 Å². The SMILES string of the molecule is CC(C)(C)S(=O)(=O)CCCCCCCc1ccc(-c2ccc(C#N)cc2)cc1. The van der Waals surface area contributed by atoms with E-state index in [4.69, 9.17) is 5.26 Å². The molecule has 0 saturated heterocycles. The van der Waals surface area contributed by atoms with E-state index in [-0.39, 0.29) is 0 Å². The van der Waals surface area contributed by atoms with E-state index in [1.807, 2.05) is 24.3 Å². The van der Waals surface area contributed by atoms with Gasteiger partial charge in [0.1, 0.15) is 0 Å². The van der Waals surface area contributed by atoms with Crippen molar-refractivity contribution >= 4 is 9.84 Å². The first kappa shape index (κ1) is 22.2. The third kappa shape index (κ3) is 6.49. The van der Waals surface area contributed by atoms with Gasteiger partial charge in [-0.15, -0.1) is 0 Å². The number of nitrogens with zero attached hydrogens (tertiary/aromatic N) is 1. The lowest BCUT2D eigenvalue weighted by Crippen LogP contribution is -2.30. The fourth-order valence-corrected chi connectivity index (χ4v) is 4.26. The van der Waals surface area contributed by atoms with Crippen molar-refractivity contribution in [2.45, 2.75) is 64.0 Å². The molecule has 0 heterocycles. The molecule has 28 heavy (non-hydrogen) atoms. The lowest BCUT2D eigenvalue weighted by molar-refractivity contribution is 0.552. The van der Waals surface area contributed by atoms with E-state index in [0.717, 1.165) is 49.7 Å². The van der Waals surface area contributed by atoms with Crippen LogP contribution in [0.4, 0.5) is 0 Å². The fraction of sp³-hybridized carbons (Fsp3) is 0.458. The van der Waals surface area contributed by atoms with Crippen molar-refractivity contribution in [3.05, 3.63) is 59.7 Å². The molecule has 0 radical (unpaired) electrons. The Morgan fingerprint density at radius 2 is 1.29 bits per heavy atom. The molecule has 2 aromatic carbocycles. The van der Waals surface area contributed by atoms with Gasteiger partial charge in [0.25, 0.3) is 0 Å². The van der Waals surface area contributed by atoms with Crippen LogP contribution in [0.3, 0.4) is 0 Å². The zero-order valence-corrected chi connectivity index (χ0v) is 18.1. The average molecular weight is 398 g/mol. The van der Waals surface area contributed by atoms with Gasteiger partial charge < -0.3 is 0 Å². The minimum Gasteiger partial charge on any atom is -0.228 e. The van der Waals surface area contributed by atoms with Crippen LogP contribution in [-0.4, -0.2) is 18.9 Å². The Hall–Kier alpha value is -2.12. The van der Waals surface area contributed by atoms with Gasteiger partial charge in [-0.1, -0.05) is 55.7 Å². The quantitative estimate of drug-likeness (QED) is 0.493. The summed E-state index contributed by atoms with van der Waals surface area (Å²) >= 11 is 0. The molecule has 0 unspecified atom stereocenters. The monoisotopic (exact) mass is 397 g/mol. The van der Waals surface area contributed by atoms with Crippen LogP contribution in [-0.2, 0) is 16.3 Å². The highest BCUT2D eigenvalue weighted by atomic mass is 32.2. The molecule has 2 aromatic rings. The third-order valence-electron chi connectivity index (χ3n) is 5.11. The molecule has 0 aliphatic heterocycles. The highest BCUT2D eigenvalue weighted by Crippen LogP contribution is 2.21. The normalized spacial score (nSPS) is 11.9. The number of unbranched alkanes of at least 4 members (excludes halogenated alkanes) is 4. The van der Waals surface area contributed by atoms with Crippen LogP contribution < -0.4 is 0 Å². The summed E-state index contributed by atoms with van der Waals surface area (Å²) in [6, 6.07) is 18.4. The molecule has 0 aliphatic rings. The van der Waals surface area contributed by atoms with Crippen molar-refractivity contribution in [3.8, 4) is 17.2 Å². The lowest BCUT2D eigenvalue weighted by Gasteiger charge is -2.18. The second-order valence-corrected chi connectivity index (χ2v) is 11.2. The molecule has 0 aliphatic carbocycles. The van der Waals surface area contributed by atoms with Crippen molar-refractivity contribution in [1.29, 1.82) is 5.26 Å². The Morgan fingerprint density at radius 1 is 0.786 bits per heavy atom. The van der Waals surface area contributed by atoms with Crippen molar-refractivity contribution < 1.29 is 8.42 Å². The van der Waals surface area contributed by atoms with E-state index < -0.39 is 14.6 Å². The van der Waals surface area contributed by atoms with E-state index >= 15 is 0 Å². The van der Waals surface area contributed by atoms with E-state index in [0.29, 0.717) is 11.3 Å². The first-order chi connectivity index (χ1) is 13.2. The minimum absolute atomic E-state index is 0.299. The van der Waals surface area contributed by atoms with Gasteiger partial charge in [-0.25, -0.2) is 8.42 Å².